The Labute approximate surface area is 177 Å². The second-order valence-corrected chi connectivity index (χ2v) is 9.26. The summed E-state index contributed by atoms with van der Waals surface area (Å²) >= 11 is 0. The molecular weight excluding hydrogens is 406 g/mol. The van der Waals surface area contributed by atoms with Crippen molar-refractivity contribution >= 4 is 10.0 Å². The molecule has 0 unspecified atom stereocenters. The Bertz CT molecular complexity index is 973. The molecular formula is C21H27N3O5S. The second kappa shape index (κ2) is 8.81. The highest BCUT2D eigenvalue weighted by Crippen LogP contribution is 2.35. The largest absolute Gasteiger partial charge is 0.497 e. The van der Waals surface area contributed by atoms with Crippen LogP contribution in [0.25, 0.3) is 0 Å². The molecule has 4 rings (SSSR count). The maximum absolute atomic E-state index is 12.9. The first-order valence-corrected chi connectivity index (χ1v) is 11.4. The predicted molar refractivity (Wildman–Crippen MR) is 113 cm³/mol. The summed E-state index contributed by atoms with van der Waals surface area (Å²) in [7, 11) is -0.00194. The number of ether oxygens (including phenoxy) is 3. The average molecular weight is 434 g/mol. The zero-order chi connectivity index (χ0) is 21.1. The molecule has 1 fully saturated rings. The maximum atomic E-state index is 12.9. The summed E-state index contributed by atoms with van der Waals surface area (Å²) in [5, 5.41) is 0. The standard InChI is InChI=1S/C21H27N3O5S/c1-23-9-11-24(12-10-23)19(16-3-8-20-21(13-16)29-15-28-20)14-22-30(25,26)18-6-4-17(27-2)5-7-18/h3-8,13,19,22H,9-12,14-15H2,1-2H3/t19-/m0/s1. The van der Waals surface area contributed by atoms with Gasteiger partial charge in [-0.2, -0.15) is 0 Å². The first-order valence-electron chi connectivity index (χ1n) is 9.92. The number of nitrogens with zero attached hydrogens (tertiary/aromatic N) is 2. The molecule has 0 saturated carbocycles. The summed E-state index contributed by atoms with van der Waals surface area (Å²) < 4.78 is 44.6. The van der Waals surface area contributed by atoms with Crippen molar-refractivity contribution in [2.75, 3.05) is 53.7 Å². The number of hydrogen-bond acceptors (Lipinski definition) is 7. The second-order valence-electron chi connectivity index (χ2n) is 7.50. The minimum atomic E-state index is -3.65. The summed E-state index contributed by atoms with van der Waals surface area (Å²) in [6.07, 6.45) is 0. The van der Waals surface area contributed by atoms with Crippen LogP contribution in [-0.2, 0) is 10.0 Å². The topological polar surface area (TPSA) is 80.3 Å². The molecule has 8 nitrogen and oxygen atoms in total. The van der Waals surface area contributed by atoms with Gasteiger partial charge in [0.15, 0.2) is 11.5 Å². The number of sulfonamides is 1. The van der Waals surface area contributed by atoms with Crippen LogP contribution in [0.5, 0.6) is 17.2 Å². The number of rotatable bonds is 7. The fourth-order valence-electron chi connectivity index (χ4n) is 3.74. The SMILES string of the molecule is COc1ccc(S(=O)(=O)NC[C@@H](c2ccc3c(c2)OCO3)N2CCN(C)CC2)cc1. The molecule has 2 aromatic rings. The van der Waals surface area contributed by atoms with E-state index in [4.69, 9.17) is 14.2 Å². The summed E-state index contributed by atoms with van der Waals surface area (Å²) in [6, 6.07) is 12.1. The molecule has 0 amide bonds. The lowest BCUT2D eigenvalue weighted by Gasteiger charge is -2.38. The van der Waals surface area contributed by atoms with Crippen molar-refractivity contribution in [3.63, 3.8) is 0 Å². The fourth-order valence-corrected chi connectivity index (χ4v) is 4.78. The molecule has 2 aliphatic heterocycles. The Morgan fingerprint density at radius 1 is 1.03 bits per heavy atom. The van der Waals surface area contributed by atoms with Gasteiger partial charge in [0.25, 0.3) is 0 Å². The third-order valence-corrected chi connectivity index (χ3v) is 7.04. The van der Waals surface area contributed by atoms with Crippen LogP contribution in [-0.4, -0.2) is 71.9 Å². The van der Waals surface area contributed by atoms with Gasteiger partial charge >= 0.3 is 0 Å². The molecule has 2 aromatic carbocycles. The number of piperazine rings is 1. The van der Waals surface area contributed by atoms with E-state index in [-0.39, 0.29) is 24.3 Å². The van der Waals surface area contributed by atoms with Gasteiger partial charge < -0.3 is 19.1 Å². The van der Waals surface area contributed by atoms with Gasteiger partial charge in [-0.25, -0.2) is 13.1 Å². The van der Waals surface area contributed by atoms with Crippen molar-refractivity contribution in [3.05, 3.63) is 48.0 Å². The molecule has 9 heteroatoms. The van der Waals surface area contributed by atoms with Gasteiger partial charge in [0.05, 0.1) is 12.0 Å². The van der Waals surface area contributed by atoms with E-state index in [0.29, 0.717) is 11.5 Å². The van der Waals surface area contributed by atoms with E-state index >= 15 is 0 Å². The van der Waals surface area contributed by atoms with Gasteiger partial charge in [-0.3, -0.25) is 4.90 Å². The van der Waals surface area contributed by atoms with Crippen LogP contribution in [0, 0.1) is 0 Å². The van der Waals surface area contributed by atoms with Gasteiger partial charge in [0.2, 0.25) is 16.8 Å². The van der Waals surface area contributed by atoms with Crippen molar-refractivity contribution in [3.8, 4) is 17.2 Å². The normalized spacial score (nSPS) is 18.3. The lowest BCUT2D eigenvalue weighted by molar-refractivity contribution is 0.112. The van der Waals surface area contributed by atoms with Gasteiger partial charge in [0.1, 0.15) is 5.75 Å². The lowest BCUT2D eigenvalue weighted by Crippen LogP contribution is -2.48. The number of methoxy groups -OCH3 is 1. The van der Waals surface area contributed by atoms with Crippen LogP contribution in [0.3, 0.4) is 0 Å². The van der Waals surface area contributed by atoms with Crippen LogP contribution >= 0.6 is 0 Å². The minimum Gasteiger partial charge on any atom is -0.497 e. The molecule has 0 spiro atoms. The molecule has 30 heavy (non-hydrogen) atoms. The minimum absolute atomic E-state index is 0.110. The molecule has 0 aliphatic carbocycles. The number of nitrogens with one attached hydrogen (secondary N) is 1. The predicted octanol–water partition coefficient (Wildman–Crippen LogP) is 1.69. The third kappa shape index (κ3) is 4.54. The Morgan fingerprint density at radius 2 is 1.73 bits per heavy atom. The molecule has 1 N–H and O–H groups in total. The molecule has 2 heterocycles. The summed E-state index contributed by atoms with van der Waals surface area (Å²) in [5.41, 5.74) is 1.00. The van der Waals surface area contributed by atoms with E-state index in [2.05, 4.69) is 21.6 Å². The van der Waals surface area contributed by atoms with Gasteiger partial charge in [-0.05, 0) is 49.0 Å². The van der Waals surface area contributed by atoms with E-state index in [1.807, 2.05) is 18.2 Å². The van der Waals surface area contributed by atoms with Crippen LogP contribution in [0.1, 0.15) is 11.6 Å². The average Bonchev–Trinajstić information content (AvgIpc) is 3.23. The van der Waals surface area contributed by atoms with Crippen LogP contribution in [0.15, 0.2) is 47.4 Å². The van der Waals surface area contributed by atoms with E-state index in [1.165, 1.54) is 0 Å². The van der Waals surface area contributed by atoms with Gasteiger partial charge in [-0.1, -0.05) is 6.07 Å². The summed E-state index contributed by atoms with van der Waals surface area (Å²) in [4.78, 5) is 4.80. The van der Waals surface area contributed by atoms with Crippen LogP contribution in [0.4, 0.5) is 0 Å². The smallest absolute Gasteiger partial charge is 0.240 e. The van der Waals surface area contributed by atoms with E-state index in [9.17, 15) is 8.42 Å². The highest BCUT2D eigenvalue weighted by atomic mass is 32.2. The van der Waals surface area contributed by atoms with Crippen molar-refractivity contribution in [2.45, 2.75) is 10.9 Å². The molecule has 2 aliphatic rings. The first kappa shape index (κ1) is 20.9. The molecule has 1 saturated heterocycles. The Kier molecular flexibility index (Phi) is 6.14. The molecule has 0 radical (unpaired) electrons. The van der Waals surface area contributed by atoms with E-state index in [0.717, 1.165) is 37.5 Å². The monoisotopic (exact) mass is 433 g/mol. The Morgan fingerprint density at radius 3 is 2.43 bits per heavy atom. The first-order chi connectivity index (χ1) is 14.5. The quantitative estimate of drug-likeness (QED) is 0.712. The third-order valence-electron chi connectivity index (χ3n) is 5.60. The highest BCUT2D eigenvalue weighted by molar-refractivity contribution is 7.89. The molecule has 0 bridgehead atoms. The molecule has 0 aromatic heterocycles. The summed E-state index contributed by atoms with van der Waals surface area (Å²) in [5.74, 6) is 2.03. The van der Waals surface area contributed by atoms with Crippen molar-refractivity contribution in [2.24, 2.45) is 0 Å². The van der Waals surface area contributed by atoms with Gasteiger partial charge in [-0.15, -0.1) is 0 Å². The van der Waals surface area contributed by atoms with E-state index < -0.39 is 10.0 Å². The number of fused-ring (bicyclic) bond motifs is 1. The van der Waals surface area contributed by atoms with E-state index in [1.54, 1.807) is 31.4 Å². The zero-order valence-corrected chi connectivity index (χ0v) is 18.0. The maximum Gasteiger partial charge on any atom is 0.240 e. The fraction of sp³-hybridized carbons (Fsp3) is 0.429. The number of likely N-dealkylation sites (N-methyl/N-ethyl adjacent to an activating group) is 1. The van der Waals surface area contributed by atoms with Crippen molar-refractivity contribution < 1.29 is 22.6 Å². The lowest BCUT2D eigenvalue weighted by atomic mass is 10.0. The van der Waals surface area contributed by atoms with Crippen LogP contribution < -0.4 is 18.9 Å². The summed E-state index contributed by atoms with van der Waals surface area (Å²) in [6.45, 7) is 4.07. The van der Waals surface area contributed by atoms with Gasteiger partial charge in [0, 0.05) is 38.8 Å². The zero-order valence-electron chi connectivity index (χ0n) is 17.2. The van der Waals surface area contributed by atoms with Crippen molar-refractivity contribution in [1.82, 2.24) is 14.5 Å². The Hall–Kier alpha value is -2.33. The molecule has 162 valence electrons. The highest BCUT2D eigenvalue weighted by Gasteiger charge is 2.27. The Balaban J connectivity index is 1.55. The van der Waals surface area contributed by atoms with Crippen LogP contribution in [0.2, 0.25) is 0 Å². The van der Waals surface area contributed by atoms with Crippen molar-refractivity contribution in [1.29, 1.82) is 0 Å². The molecule has 1 atom stereocenters. The number of hydrogen-bond donors (Lipinski definition) is 1. The number of benzene rings is 2.